The van der Waals surface area contributed by atoms with Crippen molar-refractivity contribution in [2.75, 3.05) is 13.2 Å². The Labute approximate surface area is 147 Å². The summed E-state index contributed by atoms with van der Waals surface area (Å²) < 4.78 is 28.3. The van der Waals surface area contributed by atoms with Crippen molar-refractivity contribution in [2.24, 2.45) is 5.92 Å². The molecule has 2 aliphatic heterocycles. The maximum absolute atomic E-state index is 11.6. The smallest absolute Gasteiger partial charge is 0.303 e. The first-order valence-electron chi connectivity index (χ1n) is 8.38. The lowest BCUT2D eigenvalue weighted by Gasteiger charge is -2.50. The van der Waals surface area contributed by atoms with Gasteiger partial charge in [0.25, 0.3) is 0 Å². The highest BCUT2D eigenvalue weighted by Crippen LogP contribution is 2.38. The lowest BCUT2D eigenvalue weighted by Crippen LogP contribution is -2.64. The fraction of sp³-hybridized carbons (Fsp3) is 0.824. The third-order valence-electron chi connectivity index (χ3n) is 4.28. The first-order chi connectivity index (χ1) is 11.7. The minimum atomic E-state index is -0.839. The van der Waals surface area contributed by atoms with Crippen LogP contribution in [0.1, 0.15) is 40.5 Å². The Balaban J connectivity index is 2.27. The summed E-state index contributed by atoms with van der Waals surface area (Å²) in [7, 11) is 0. The standard InChI is InChI=1S/C17H25NO7/c1-10(19)21-8-12-13(6-5-7-18)24-14-9-22-17(3,4)25-16(14)15(12)23-11(2)20/h12-16H,5-6,8-9H2,1-4H3/t12-,13-,14-,15-,16-/m1/s1. The van der Waals surface area contributed by atoms with Crippen molar-refractivity contribution >= 4 is 11.9 Å². The highest BCUT2D eigenvalue weighted by molar-refractivity contribution is 5.66. The molecule has 140 valence electrons. The van der Waals surface area contributed by atoms with Crippen LogP contribution in [0.2, 0.25) is 0 Å². The summed E-state index contributed by atoms with van der Waals surface area (Å²) in [6.45, 7) is 6.50. The number of carbonyl (C=O) groups is 2. The number of carbonyl (C=O) groups excluding carboxylic acids is 2. The van der Waals surface area contributed by atoms with E-state index in [2.05, 4.69) is 6.07 Å². The number of nitrogens with zero attached hydrogens (tertiary/aromatic N) is 1. The lowest BCUT2D eigenvalue weighted by molar-refractivity contribution is -0.355. The normalized spacial score (nSPS) is 33.6. The molecule has 0 saturated carbocycles. The van der Waals surface area contributed by atoms with Crippen LogP contribution in [-0.4, -0.2) is 55.4 Å². The third kappa shape index (κ3) is 5.14. The fourth-order valence-corrected chi connectivity index (χ4v) is 3.24. The van der Waals surface area contributed by atoms with Crippen LogP contribution in [0.3, 0.4) is 0 Å². The van der Waals surface area contributed by atoms with E-state index in [1.54, 1.807) is 13.8 Å². The average molecular weight is 355 g/mol. The van der Waals surface area contributed by atoms with Crippen molar-refractivity contribution in [1.82, 2.24) is 0 Å². The van der Waals surface area contributed by atoms with E-state index in [-0.39, 0.29) is 13.0 Å². The van der Waals surface area contributed by atoms with Gasteiger partial charge in [-0.1, -0.05) is 0 Å². The van der Waals surface area contributed by atoms with E-state index >= 15 is 0 Å². The Bertz CT molecular complexity index is 542. The van der Waals surface area contributed by atoms with Gasteiger partial charge in [0.2, 0.25) is 0 Å². The molecular weight excluding hydrogens is 330 g/mol. The number of hydrogen-bond acceptors (Lipinski definition) is 8. The van der Waals surface area contributed by atoms with Crippen LogP contribution in [0, 0.1) is 17.2 Å². The van der Waals surface area contributed by atoms with Gasteiger partial charge in [-0.25, -0.2) is 0 Å². The molecule has 2 heterocycles. The molecule has 0 unspecified atom stereocenters. The summed E-state index contributed by atoms with van der Waals surface area (Å²) in [5.74, 6) is -2.15. The first kappa shape index (κ1) is 19.6. The van der Waals surface area contributed by atoms with Crippen LogP contribution < -0.4 is 0 Å². The molecule has 8 nitrogen and oxygen atoms in total. The Kier molecular flexibility index (Phi) is 6.38. The summed E-state index contributed by atoms with van der Waals surface area (Å²) >= 11 is 0. The molecule has 0 radical (unpaired) electrons. The van der Waals surface area contributed by atoms with E-state index in [0.717, 1.165) is 0 Å². The molecule has 2 rings (SSSR count). The van der Waals surface area contributed by atoms with E-state index in [1.165, 1.54) is 13.8 Å². The Morgan fingerprint density at radius 1 is 1.28 bits per heavy atom. The Morgan fingerprint density at radius 3 is 2.60 bits per heavy atom. The summed E-state index contributed by atoms with van der Waals surface area (Å²) in [5.41, 5.74) is 0. The van der Waals surface area contributed by atoms with Crippen LogP contribution in [0.5, 0.6) is 0 Å². The summed E-state index contributed by atoms with van der Waals surface area (Å²) in [6.07, 6.45) is -1.30. The quantitative estimate of drug-likeness (QED) is 0.680. The molecule has 25 heavy (non-hydrogen) atoms. The van der Waals surface area contributed by atoms with E-state index in [0.29, 0.717) is 13.0 Å². The number of nitriles is 1. The molecule has 0 amide bonds. The molecule has 0 aromatic carbocycles. The number of fused-ring (bicyclic) bond motifs is 1. The largest absolute Gasteiger partial charge is 0.465 e. The molecule has 0 N–H and O–H groups in total. The highest BCUT2D eigenvalue weighted by atomic mass is 16.7. The number of hydrogen-bond donors (Lipinski definition) is 0. The maximum Gasteiger partial charge on any atom is 0.303 e. The monoisotopic (exact) mass is 355 g/mol. The van der Waals surface area contributed by atoms with E-state index in [4.69, 9.17) is 28.9 Å². The molecule has 2 saturated heterocycles. The average Bonchev–Trinajstić information content (AvgIpc) is 2.51. The van der Waals surface area contributed by atoms with Crippen molar-refractivity contribution < 1.29 is 33.3 Å². The van der Waals surface area contributed by atoms with Crippen molar-refractivity contribution in [1.29, 1.82) is 5.26 Å². The van der Waals surface area contributed by atoms with Crippen molar-refractivity contribution in [3.05, 3.63) is 0 Å². The third-order valence-corrected chi connectivity index (χ3v) is 4.28. The topological polar surface area (TPSA) is 104 Å². The van der Waals surface area contributed by atoms with Gasteiger partial charge in [-0.2, -0.15) is 5.26 Å². The minimum Gasteiger partial charge on any atom is -0.465 e. The second-order valence-corrected chi connectivity index (χ2v) is 6.74. The molecule has 0 aromatic rings. The molecule has 8 heteroatoms. The summed E-state index contributed by atoms with van der Waals surface area (Å²) in [5, 5.41) is 8.89. The molecule has 2 fully saturated rings. The predicted octanol–water partition coefficient (Wildman–Crippen LogP) is 1.32. The predicted molar refractivity (Wildman–Crippen MR) is 84.1 cm³/mol. The van der Waals surface area contributed by atoms with Crippen LogP contribution in [0.25, 0.3) is 0 Å². The van der Waals surface area contributed by atoms with Crippen LogP contribution in [-0.2, 0) is 33.3 Å². The SMILES string of the molecule is CC(=O)OC[C@H]1[C@@H](OC(C)=O)[C@@H]2OC(C)(C)OC[C@H]2O[C@@H]1CCC#N. The van der Waals surface area contributed by atoms with Crippen molar-refractivity contribution in [3.8, 4) is 6.07 Å². The number of esters is 2. The maximum atomic E-state index is 11.6. The second kappa shape index (κ2) is 8.13. The zero-order valence-corrected chi connectivity index (χ0v) is 15.0. The minimum absolute atomic E-state index is 0.0250. The number of rotatable bonds is 5. The van der Waals surface area contributed by atoms with Gasteiger partial charge < -0.3 is 23.7 Å². The zero-order valence-electron chi connectivity index (χ0n) is 15.0. The zero-order chi connectivity index (χ0) is 18.6. The molecule has 2 aliphatic rings. The molecule has 0 aliphatic carbocycles. The van der Waals surface area contributed by atoms with Crippen molar-refractivity contribution in [3.63, 3.8) is 0 Å². The van der Waals surface area contributed by atoms with E-state index in [1.807, 2.05) is 0 Å². The van der Waals surface area contributed by atoms with E-state index in [9.17, 15) is 9.59 Å². The van der Waals surface area contributed by atoms with Gasteiger partial charge in [-0.3, -0.25) is 9.59 Å². The first-order valence-corrected chi connectivity index (χ1v) is 8.38. The molecule has 0 bridgehead atoms. The summed E-state index contributed by atoms with van der Waals surface area (Å²) in [4.78, 5) is 22.9. The van der Waals surface area contributed by atoms with E-state index < -0.39 is 48.1 Å². The van der Waals surface area contributed by atoms with Crippen LogP contribution in [0.4, 0.5) is 0 Å². The Morgan fingerprint density at radius 2 is 2.00 bits per heavy atom. The second-order valence-electron chi connectivity index (χ2n) is 6.74. The fourth-order valence-electron chi connectivity index (χ4n) is 3.24. The molecule has 0 aromatic heterocycles. The van der Waals surface area contributed by atoms with Gasteiger partial charge in [-0.05, 0) is 20.3 Å². The van der Waals surface area contributed by atoms with Crippen LogP contribution in [0.15, 0.2) is 0 Å². The van der Waals surface area contributed by atoms with Gasteiger partial charge in [-0.15, -0.1) is 0 Å². The van der Waals surface area contributed by atoms with Gasteiger partial charge in [0, 0.05) is 20.3 Å². The molecular formula is C17H25NO7. The highest BCUT2D eigenvalue weighted by Gasteiger charge is 2.52. The molecule has 0 spiro atoms. The lowest BCUT2D eigenvalue weighted by atomic mass is 9.84. The summed E-state index contributed by atoms with van der Waals surface area (Å²) in [6, 6.07) is 2.08. The Hall–Kier alpha value is -1.69. The van der Waals surface area contributed by atoms with Crippen molar-refractivity contribution in [2.45, 2.75) is 70.7 Å². The van der Waals surface area contributed by atoms with Gasteiger partial charge in [0.15, 0.2) is 5.79 Å². The van der Waals surface area contributed by atoms with Gasteiger partial charge in [0.1, 0.15) is 24.9 Å². The number of ether oxygens (including phenoxy) is 5. The van der Waals surface area contributed by atoms with Gasteiger partial charge >= 0.3 is 11.9 Å². The molecule has 5 atom stereocenters. The van der Waals surface area contributed by atoms with Crippen LogP contribution >= 0.6 is 0 Å². The van der Waals surface area contributed by atoms with Gasteiger partial charge in [0.05, 0.1) is 24.7 Å².